The van der Waals surface area contributed by atoms with E-state index in [-0.39, 0.29) is 5.56 Å². The van der Waals surface area contributed by atoms with E-state index in [1.54, 1.807) is 0 Å². The van der Waals surface area contributed by atoms with Crippen molar-refractivity contribution in [1.29, 1.82) is 0 Å². The van der Waals surface area contributed by atoms with Gasteiger partial charge >= 0.3 is 0 Å². The van der Waals surface area contributed by atoms with E-state index in [0.717, 1.165) is 29.6 Å². The van der Waals surface area contributed by atoms with Gasteiger partial charge in [0.15, 0.2) is 5.16 Å². The lowest BCUT2D eigenvalue weighted by molar-refractivity contribution is 0.573. The Morgan fingerprint density at radius 1 is 1.15 bits per heavy atom. The van der Waals surface area contributed by atoms with Crippen LogP contribution in [-0.4, -0.2) is 15.7 Å². The largest absolute Gasteiger partial charge is 0.323 e. The van der Waals surface area contributed by atoms with Gasteiger partial charge in [-0.3, -0.25) is 0 Å². The molecule has 0 bridgehead atoms. The van der Waals surface area contributed by atoms with Crippen LogP contribution in [0.1, 0.15) is 23.0 Å². The van der Waals surface area contributed by atoms with Gasteiger partial charge in [0.25, 0.3) is 0 Å². The van der Waals surface area contributed by atoms with E-state index in [1.165, 1.54) is 11.8 Å². The lowest BCUT2D eigenvalue weighted by atomic mass is 10.1. The SMILES string of the molecule is Cc1cc(C)nc(SCC(N)c2cc(F)ccc2F)n1. The smallest absolute Gasteiger partial charge is 0.188 e. The van der Waals surface area contributed by atoms with E-state index in [2.05, 4.69) is 9.97 Å². The van der Waals surface area contributed by atoms with Crippen LogP contribution in [0.2, 0.25) is 0 Å². The minimum Gasteiger partial charge on any atom is -0.323 e. The summed E-state index contributed by atoms with van der Waals surface area (Å²) < 4.78 is 26.7. The van der Waals surface area contributed by atoms with E-state index in [4.69, 9.17) is 5.73 Å². The van der Waals surface area contributed by atoms with Gasteiger partial charge < -0.3 is 5.73 Å². The van der Waals surface area contributed by atoms with Gasteiger partial charge in [-0.1, -0.05) is 11.8 Å². The maximum absolute atomic E-state index is 13.6. The molecule has 0 radical (unpaired) electrons. The summed E-state index contributed by atoms with van der Waals surface area (Å²) in [6.45, 7) is 3.76. The van der Waals surface area contributed by atoms with Crippen molar-refractivity contribution in [3.63, 3.8) is 0 Å². The quantitative estimate of drug-likeness (QED) is 0.695. The summed E-state index contributed by atoms with van der Waals surface area (Å²) in [6.07, 6.45) is 0. The molecule has 1 atom stereocenters. The Kier molecular flexibility index (Phi) is 4.67. The fourth-order valence-corrected chi connectivity index (χ4v) is 2.74. The van der Waals surface area contributed by atoms with Crippen LogP contribution in [0, 0.1) is 25.5 Å². The summed E-state index contributed by atoms with van der Waals surface area (Å²) in [5.41, 5.74) is 7.81. The molecule has 0 saturated heterocycles. The summed E-state index contributed by atoms with van der Waals surface area (Å²) in [5, 5.41) is 0.592. The third-order valence-corrected chi connectivity index (χ3v) is 3.68. The van der Waals surface area contributed by atoms with Crippen LogP contribution in [-0.2, 0) is 0 Å². The van der Waals surface area contributed by atoms with Crippen molar-refractivity contribution in [3.05, 3.63) is 52.9 Å². The number of thioether (sulfide) groups is 1. The van der Waals surface area contributed by atoms with Crippen molar-refractivity contribution in [1.82, 2.24) is 9.97 Å². The molecule has 3 nitrogen and oxygen atoms in total. The zero-order chi connectivity index (χ0) is 14.7. The molecule has 1 aromatic carbocycles. The third kappa shape index (κ3) is 3.74. The van der Waals surface area contributed by atoms with Crippen molar-refractivity contribution >= 4 is 11.8 Å². The Bertz CT molecular complexity index is 599. The zero-order valence-corrected chi connectivity index (χ0v) is 12.0. The van der Waals surface area contributed by atoms with Crippen molar-refractivity contribution in [2.45, 2.75) is 25.0 Å². The van der Waals surface area contributed by atoms with Gasteiger partial charge in [0, 0.05) is 28.7 Å². The Morgan fingerprint density at radius 2 is 1.80 bits per heavy atom. The average molecular weight is 295 g/mol. The highest BCUT2D eigenvalue weighted by Crippen LogP contribution is 2.23. The maximum Gasteiger partial charge on any atom is 0.188 e. The van der Waals surface area contributed by atoms with E-state index in [1.807, 2.05) is 19.9 Å². The molecule has 0 spiro atoms. The number of hydrogen-bond acceptors (Lipinski definition) is 4. The molecule has 0 aliphatic carbocycles. The molecular weight excluding hydrogens is 280 g/mol. The number of aryl methyl sites for hydroxylation is 2. The number of halogens is 2. The van der Waals surface area contributed by atoms with Gasteiger partial charge in [0.2, 0.25) is 0 Å². The minimum absolute atomic E-state index is 0.168. The number of hydrogen-bond donors (Lipinski definition) is 1. The molecule has 106 valence electrons. The van der Waals surface area contributed by atoms with Crippen molar-refractivity contribution in [2.75, 3.05) is 5.75 Å². The number of aromatic nitrogens is 2. The lowest BCUT2D eigenvalue weighted by Gasteiger charge is -2.12. The number of nitrogens with zero attached hydrogens (tertiary/aromatic N) is 2. The first-order chi connectivity index (χ1) is 9.45. The highest BCUT2D eigenvalue weighted by Gasteiger charge is 2.14. The molecule has 1 unspecified atom stereocenters. The monoisotopic (exact) mass is 295 g/mol. The molecule has 1 heterocycles. The van der Waals surface area contributed by atoms with Gasteiger partial charge in [-0.05, 0) is 38.1 Å². The highest BCUT2D eigenvalue weighted by molar-refractivity contribution is 7.99. The van der Waals surface area contributed by atoms with Crippen molar-refractivity contribution < 1.29 is 8.78 Å². The normalized spacial score (nSPS) is 12.4. The summed E-state index contributed by atoms with van der Waals surface area (Å²) in [7, 11) is 0. The van der Waals surface area contributed by atoms with Gasteiger partial charge in [0.1, 0.15) is 11.6 Å². The first kappa shape index (κ1) is 14.9. The highest BCUT2D eigenvalue weighted by atomic mass is 32.2. The molecule has 6 heteroatoms. The predicted octanol–water partition coefficient (Wildman–Crippen LogP) is 3.16. The number of nitrogens with two attached hydrogens (primary N) is 1. The van der Waals surface area contributed by atoms with Crippen LogP contribution in [0.3, 0.4) is 0 Å². The van der Waals surface area contributed by atoms with Crippen LogP contribution in [0.25, 0.3) is 0 Å². The first-order valence-corrected chi connectivity index (χ1v) is 7.10. The summed E-state index contributed by atoms with van der Waals surface area (Å²) in [5.74, 6) is -0.617. The lowest BCUT2D eigenvalue weighted by Crippen LogP contribution is -2.15. The molecule has 0 aliphatic rings. The number of rotatable bonds is 4. The van der Waals surface area contributed by atoms with E-state index < -0.39 is 17.7 Å². The summed E-state index contributed by atoms with van der Waals surface area (Å²) >= 11 is 1.33. The first-order valence-electron chi connectivity index (χ1n) is 6.11. The fraction of sp³-hybridized carbons (Fsp3) is 0.286. The van der Waals surface area contributed by atoms with Gasteiger partial charge in [-0.2, -0.15) is 0 Å². The molecule has 0 saturated carbocycles. The molecule has 20 heavy (non-hydrogen) atoms. The van der Waals surface area contributed by atoms with Crippen LogP contribution >= 0.6 is 11.8 Å². The molecule has 0 amide bonds. The Balaban J connectivity index is 2.08. The van der Waals surface area contributed by atoms with E-state index in [0.29, 0.717) is 10.9 Å². The van der Waals surface area contributed by atoms with Crippen molar-refractivity contribution in [3.8, 4) is 0 Å². The fourth-order valence-electron chi connectivity index (χ4n) is 1.81. The van der Waals surface area contributed by atoms with Crippen LogP contribution in [0.4, 0.5) is 8.78 Å². The Labute approximate surface area is 120 Å². The Hall–Kier alpha value is -1.53. The standard InChI is InChI=1S/C14H15F2N3S/c1-8-5-9(2)19-14(18-8)20-7-13(17)11-6-10(15)3-4-12(11)16/h3-6,13H,7,17H2,1-2H3. The summed E-state index contributed by atoms with van der Waals surface area (Å²) in [6, 6.07) is 4.55. The van der Waals surface area contributed by atoms with Gasteiger partial charge in [-0.15, -0.1) is 0 Å². The van der Waals surface area contributed by atoms with E-state index in [9.17, 15) is 8.78 Å². The maximum atomic E-state index is 13.6. The second kappa shape index (κ2) is 6.28. The van der Waals surface area contributed by atoms with Gasteiger partial charge in [0.05, 0.1) is 0 Å². The molecule has 2 N–H and O–H groups in total. The third-order valence-electron chi connectivity index (χ3n) is 2.71. The average Bonchev–Trinajstić information content (AvgIpc) is 2.38. The molecule has 2 aromatic rings. The molecule has 1 aromatic heterocycles. The molecule has 2 rings (SSSR count). The summed E-state index contributed by atoms with van der Waals surface area (Å²) in [4.78, 5) is 8.54. The van der Waals surface area contributed by atoms with Gasteiger partial charge in [-0.25, -0.2) is 18.7 Å². The Morgan fingerprint density at radius 3 is 2.45 bits per heavy atom. The second-order valence-electron chi connectivity index (χ2n) is 4.52. The predicted molar refractivity (Wildman–Crippen MR) is 75.5 cm³/mol. The van der Waals surface area contributed by atoms with Crippen LogP contribution in [0.5, 0.6) is 0 Å². The van der Waals surface area contributed by atoms with Crippen LogP contribution in [0.15, 0.2) is 29.4 Å². The zero-order valence-electron chi connectivity index (χ0n) is 11.2. The van der Waals surface area contributed by atoms with Crippen LogP contribution < -0.4 is 5.73 Å². The second-order valence-corrected chi connectivity index (χ2v) is 5.50. The molecule has 0 aliphatic heterocycles. The molecular formula is C14H15F2N3S. The van der Waals surface area contributed by atoms with E-state index >= 15 is 0 Å². The molecule has 0 fully saturated rings. The van der Waals surface area contributed by atoms with Crippen molar-refractivity contribution in [2.24, 2.45) is 5.73 Å². The topological polar surface area (TPSA) is 51.8 Å². The minimum atomic E-state index is -0.611. The number of benzene rings is 1.